The van der Waals surface area contributed by atoms with Crippen LogP contribution in [0.5, 0.6) is 5.75 Å². The third-order valence-electron chi connectivity index (χ3n) is 5.53. The molecule has 0 fully saturated rings. The maximum atomic E-state index is 13.2. The summed E-state index contributed by atoms with van der Waals surface area (Å²) in [7, 11) is 0. The Morgan fingerprint density at radius 2 is 1.78 bits per heavy atom. The molecule has 0 aliphatic heterocycles. The van der Waals surface area contributed by atoms with Crippen LogP contribution in [0, 0.1) is 6.92 Å². The number of carbonyl (C=O) groups excluding carboxylic acids is 2. The van der Waals surface area contributed by atoms with Gasteiger partial charge in [-0.25, -0.2) is 0 Å². The number of unbranched alkanes of at least 4 members (excludes halogenated alkanes) is 1. The fourth-order valence-corrected chi connectivity index (χ4v) is 3.67. The minimum absolute atomic E-state index is 0.133. The summed E-state index contributed by atoms with van der Waals surface area (Å²) >= 11 is 0. The average Bonchev–Trinajstić information content (AvgIpc) is 2.80. The highest BCUT2D eigenvalue weighted by Crippen LogP contribution is 2.25. The van der Waals surface area contributed by atoms with Crippen LogP contribution in [0.15, 0.2) is 66.7 Å². The van der Waals surface area contributed by atoms with Gasteiger partial charge in [0.05, 0.1) is 0 Å². The Balaban J connectivity index is 1.76. The Labute approximate surface area is 190 Å². The molecule has 168 valence electrons. The molecule has 0 aliphatic rings. The van der Waals surface area contributed by atoms with Crippen molar-refractivity contribution in [2.45, 2.75) is 46.2 Å². The zero-order chi connectivity index (χ0) is 22.9. The molecule has 5 nitrogen and oxygen atoms in total. The molecule has 0 unspecified atom stereocenters. The molecular weight excluding hydrogens is 400 g/mol. The molecule has 3 rings (SSSR count). The molecule has 0 heterocycles. The van der Waals surface area contributed by atoms with Gasteiger partial charge in [0.15, 0.2) is 6.61 Å². The SMILES string of the molecule is CCCCNC(=O)[C@@H](C)N(Cc1cccc(C)c1)C(=O)COc1cccc2ccccc12. The van der Waals surface area contributed by atoms with Crippen molar-refractivity contribution in [2.75, 3.05) is 13.2 Å². The molecule has 0 spiro atoms. The van der Waals surface area contributed by atoms with E-state index in [0.717, 1.165) is 34.7 Å². The monoisotopic (exact) mass is 432 g/mol. The van der Waals surface area contributed by atoms with Gasteiger partial charge in [0.2, 0.25) is 5.91 Å². The van der Waals surface area contributed by atoms with E-state index in [2.05, 4.69) is 12.2 Å². The molecule has 1 atom stereocenters. The molecule has 0 aromatic heterocycles. The lowest BCUT2D eigenvalue weighted by Crippen LogP contribution is -2.49. The fraction of sp³-hybridized carbons (Fsp3) is 0.333. The summed E-state index contributed by atoms with van der Waals surface area (Å²) in [6, 6.07) is 21.1. The molecule has 0 saturated carbocycles. The fourth-order valence-electron chi connectivity index (χ4n) is 3.67. The van der Waals surface area contributed by atoms with Crippen LogP contribution >= 0.6 is 0 Å². The van der Waals surface area contributed by atoms with Crippen LogP contribution in [0.2, 0.25) is 0 Å². The van der Waals surface area contributed by atoms with Crippen LogP contribution in [0.1, 0.15) is 37.8 Å². The second-order valence-electron chi connectivity index (χ2n) is 8.10. The standard InChI is InChI=1S/C27H32N2O3/c1-4-5-16-28-27(31)21(3)29(18-22-11-8-10-20(2)17-22)26(30)19-32-25-15-9-13-23-12-6-7-14-24(23)25/h6-15,17,21H,4-5,16,18-19H2,1-3H3,(H,28,31)/t21-/m1/s1. The normalized spacial score (nSPS) is 11.7. The highest BCUT2D eigenvalue weighted by atomic mass is 16.5. The van der Waals surface area contributed by atoms with Crippen molar-refractivity contribution in [3.05, 3.63) is 77.9 Å². The molecule has 0 radical (unpaired) electrons. The third-order valence-corrected chi connectivity index (χ3v) is 5.53. The van der Waals surface area contributed by atoms with Crippen molar-refractivity contribution in [3.63, 3.8) is 0 Å². The first-order chi connectivity index (χ1) is 15.5. The van der Waals surface area contributed by atoms with Crippen molar-refractivity contribution >= 4 is 22.6 Å². The highest BCUT2D eigenvalue weighted by molar-refractivity contribution is 5.90. The lowest BCUT2D eigenvalue weighted by Gasteiger charge is -2.29. The first-order valence-electron chi connectivity index (χ1n) is 11.2. The second kappa shape index (κ2) is 11.3. The molecule has 3 aromatic rings. The van der Waals surface area contributed by atoms with E-state index < -0.39 is 6.04 Å². The van der Waals surface area contributed by atoms with Crippen LogP contribution in [-0.4, -0.2) is 35.9 Å². The number of fused-ring (bicyclic) bond motifs is 1. The number of benzene rings is 3. The maximum Gasteiger partial charge on any atom is 0.261 e. The summed E-state index contributed by atoms with van der Waals surface area (Å²) in [6.45, 7) is 6.69. The van der Waals surface area contributed by atoms with Crippen molar-refractivity contribution in [3.8, 4) is 5.75 Å². The summed E-state index contributed by atoms with van der Waals surface area (Å²) in [5.41, 5.74) is 2.10. The number of ether oxygens (including phenoxy) is 1. The van der Waals surface area contributed by atoms with Crippen LogP contribution < -0.4 is 10.1 Å². The van der Waals surface area contributed by atoms with Crippen molar-refractivity contribution in [2.24, 2.45) is 0 Å². The van der Waals surface area contributed by atoms with Gasteiger partial charge in [-0.05, 0) is 37.3 Å². The Bertz CT molecular complexity index is 1060. The Morgan fingerprint density at radius 1 is 1.03 bits per heavy atom. The molecule has 0 aliphatic carbocycles. The molecule has 1 N–H and O–H groups in total. The average molecular weight is 433 g/mol. The number of amides is 2. The molecule has 5 heteroatoms. The van der Waals surface area contributed by atoms with Crippen molar-refractivity contribution in [1.82, 2.24) is 10.2 Å². The highest BCUT2D eigenvalue weighted by Gasteiger charge is 2.26. The van der Waals surface area contributed by atoms with Gasteiger partial charge in [0, 0.05) is 18.5 Å². The van der Waals surface area contributed by atoms with Gasteiger partial charge in [-0.15, -0.1) is 0 Å². The van der Waals surface area contributed by atoms with Crippen LogP contribution in [-0.2, 0) is 16.1 Å². The van der Waals surface area contributed by atoms with Gasteiger partial charge in [0.25, 0.3) is 5.91 Å². The van der Waals surface area contributed by atoms with Crippen molar-refractivity contribution < 1.29 is 14.3 Å². The van der Waals surface area contributed by atoms with Gasteiger partial charge in [0.1, 0.15) is 11.8 Å². The second-order valence-corrected chi connectivity index (χ2v) is 8.10. The van der Waals surface area contributed by atoms with Crippen LogP contribution in [0.25, 0.3) is 10.8 Å². The number of carbonyl (C=O) groups is 2. The predicted molar refractivity (Wildman–Crippen MR) is 129 cm³/mol. The molecule has 3 aromatic carbocycles. The molecule has 2 amide bonds. The molecule has 0 saturated heterocycles. The number of hydrogen-bond donors (Lipinski definition) is 1. The summed E-state index contributed by atoms with van der Waals surface area (Å²) in [5.74, 6) is 0.286. The van der Waals surface area contributed by atoms with E-state index in [1.165, 1.54) is 0 Å². The Kier molecular flexibility index (Phi) is 8.26. The first-order valence-corrected chi connectivity index (χ1v) is 11.2. The summed E-state index contributed by atoms with van der Waals surface area (Å²) < 4.78 is 5.93. The lowest BCUT2D eigenvalue weighted by molar-refractivity contribution is -0.142. The number of aryl methyl sites for hydroxylation is 1. The van der Waals surface area contributed by atoms with Crippen LogP contribution in [0.4, 0.5) is 0 Å². The summed E-state index contributed by atoms with van der Waals surface area (Å²) in [6.07, 6.45) is 1.91. The van der Waals surface area contributed by atoms with Gasteiger partial charge in [-0.1, -0.05) is 79.6 Å². The van der Waals surface area contributed by atoms with E-state index in [0.29, 0.717) is 18.8 Å². The van der Waals surface area contributed by atoms with Gasteiger partial charge in [-0.2, -0.15) is 0 Å². The van der Waals surface area contributed by atoms with Gasteiger partial charge < -0.3 is 15.0 Å². The Morgan fingerprint density at radius 3 is 2.56 bits per heavy atom. The lowest BCUT2D eigenvalue weighted by atomic mass is 10.1. The number of nitrogens with one attached hydrogen (secondary N) is 1. The minimum atomic E-state index is -0.601. The van der Waals surface area contributed by atoms with E-state index >= 15 is 0 Å². The summed E-state index contributed by atoms with van der Waals surface area (Å²) in [4.78, 5) is 27.6. The largest absolute Gasteiger partial charge is 0.483 e. The molecule has 32 heavy (non-hydrogen) atoms. The van der Waals surface area contributed by atoms with Gasteiger partial charge >= 0.3 is 0 Å². The topological polar surface area (TPSA) is 58.6 Å². The smallest absolute Gasteiger partial charge is 0.261 e. The molecule has 0 bridgehead atoms. The predicted octanol–water partition coefficient (Wildman–Crippen LogP) is 4.86. The Hall–Kier alpha value is -3.34. The van der Waals surface area contributed by atoms with E-state index in [4.69, 9.17) is 4.74 Å². The minimum Gasteiger partial charge on any atom is -0.483 e. The van der Waals surface area contributed by atoms with E-state index in [-0.39, 0.29) is 18.4 Å². The number of hydrogen-bond acceptors (Lipinski definition) is 3. The van der Waals surface area contributed by atoms with Gasteiger partial charge in [-0.3, -0.25) is 9.59 Å². The number of nitrogens with zero attached hydrogens (tertiary/aromatic N) is 1. The van der Waals surface area contributed by atoms with Crippen LogP contribution in [0.3, 0.4) is 0 Å². The number of rotatable bonds is 10. The van der Waals surface area contributed by atoms with Crippen molar-refractivity contribution in [1.29, 1.82) is 0 Å². The van der Waals surface area contributed by atoms with E-state index in [9.17, 15) is 9.59 Å². The maximum absolute atomic E-state index is 13.2. The van der Waals surface area contributed by atoms with E-state index in [1.54, 1.807) is 11.8 Å². The quantitative estimate of drug-likeness (QED) is 0.466. The van der Waals surface area contributed by atoms with E-state index in [1.807, 2.05) is 73.7 Å². The zero-order valence-electron chi connectivity index (χ0n) is 19.1. The first kappa shape index (κ1) is 23.3. The molecular formula is C27H32N2O3. The zero-order valence-corrected chi connectivity index (χ0v) is 19.1. The third kappa shape index (κ3) is 6.10. The summed E-state index contributed by atoms with van der Waals surface area (Å²) in [5, 5.41) is 4.95.